The van der Waals surface area contributed by atoms with Gasteiger partial charge in [0.1, 0.15) is 0 Å². The van der Waals surface area contributed by atoms with Crippen molar-refractivity contribution in [3.8, 4) is 0 Å². The Morgan fingerprint density at radius 3 is 2.59 bits per heavy atom. The standard InChI is InChI=1S/C15H32N2/c1-4-10-16-11-14(2)12-17(3)13-15-8-6-5-7-9-15/h14-16H,4-13H2,1-3H3. The molecule has 0 spiro atoms. The molecule has 1 unspecified atom stereocenters. The van der Waals surface area contributed by atoms with Crippen molar-refractivity contribution < 1.29 is 0 Å². The van der Waals surface area contributed by atoms with Gasteiger partial charge in [0.2, 0.25) is 0 Å². The summed E-state index contributed by atoms with van der Waals surface area (Å²) < 4.78 is 0. The first kappa shape index (κ1) is 15.0. The number of hydrogen-bond donors (Lipinski definition) is 1. The molecule has 2 nitrogen and oxygen atoms in total. The lowest BCUT2D eigenvalue weighted by Gasteiger charge is -2.28. The summed E-state index contributed by atoms with van der Waals surface area (Å²) in [6.45, 7) is 9.48. The van der Waals surface area contributed by atoms with Gasteiger partial charge in [0, 0.05) is 13.1 Å². The van der Waals surface area contributed by atoms with E-state index in [1.807, 2.05) is 0 Å². The van der Waals surface area contributed by atoms with E-state index in [-0.39, 0.29) is 0 Å². The van der Waals surface area contributed by atoms with E-state index < -0.39 is 0 Å². The van der Waals surface area contributed by atoms with Gasteiger partial charge in [0.25, 0.3) is 0 Å². The Morgan fingerprint density at radius 2 is 1.94 bits per heavy atom. The lowest BCUT2D eigenvalue weighted by atomic mass is 9.89. The predicted octanol–water partition coefficient (Wildman–Crippen LogP) is 3.13. The van der Waals surface area contributed by atoms with Crippen LogP contribution in [-0.4, -0.2) is 38.1 Å². The van der Waals surface area contributed by atoms with E-state index in [4.69, 9.17) is 0 Å². The molecule has 0 aromatic carbocycles. The van der Waals surface area contributed by atoms with Crippen molar-refractivity contribution in [2.45, 2.75) is 52.4 Å². The Labute approximate surface area is 108 Å². The zero-order valence-corrected chi connectivity index (χ0v) is 12.2. The molecule has 1 fully saturated rings. The summed E-state index contributed by atoms with van der Waals surface area (Å²) in [7, 11) is 2.30. The van der Waals surface area contributed by atoms with Crippen molar-refractivity contribution in [3.63, 3.8) is 0 Å². The molecule has 0 radical (unpaired) electrons. The predicted molar refractivity (Wildman–Crippen MR) is 76.4 cm³/mol. The molecule has 0 saturated heterocycles. The summed E-state index contributed by atoms with van der Waals surface area (Å²) in [5.74, 6) is 1.75. The van der Waals surface area contributed by atoms with Crippen molar-refractivity contribution in [2.75, 3.05) is 33.2 Å². The minimum Gasteiger partial charge on any atom is -0.316 e. The third-order valence-corrected chi connectivity index (χ3v) is 3.84. The van der Waals surface area contributed by atoms with Gasteiger partial charge >= 0.3 is 0 Å². The lowest BCUT2D eigenvalue weighted by Crippen LogP contribution is -2.34. The molecule has 1 rings (SSSR count). The quantitative estimate of drug-likeness (QED) is 0.656. The molecule has 2 heteroatoms. The minimum absolute atomic E-state index is 0.773. The Hall–Kier alpha value is -0.0800. The normalized spacial score (nSPS) is 19.8. The van der Waals surface area contributed by atoms with Gasteiger partial charge in [-0.3, -0.25) is 0 Å². The highest BCUT2D eigenvalue weighted by Crippen LogP contribution is 2.24. The lowest BCUT2D eigenvalue weighted by molar-refractivity contribution is 0.211. The van der Waals surface area contributed by atoms with Crippen LogP contribution in [0.25, 0.3) is 0 Å². The van der Waals surface area contributed by atoms with Gasteiger partial charge in [-0.05, 0) is 51.2 Å². The molecule has 102 valence electrons. The second-order valence-electron chi connectivity index (χ2n) is 6.03. The van der Waals surface area contributed by atoms with Crippen molar-refractivity contribution in [1.82, 2.24) is 10.2 Å². The highest BCUT2D eigenvalue weighted by molar-refractivity contribution is 4.70. The maximum atomic E-state index is 3.52. The fraction of sp³-hybridized carbons (Fsp3) is 1.00. The summed E-state index contributed by atoms with van der Waals surface area (Å²) in [4.78, 5) is 2.55. The van der Waals surface area contributed by atoms with E-state index in [2.05, 4.69) is 31.1 Å². The maximum absolute atomic E-state index is 3.52. The highest BCUT2D eigenvalue weighted by atomic mass is 15.1. The second-order valence-corrected chi connectivity index (χ2v) is 6.03. The van der Waals surface area contributed by atoms with Gasteiger partial charge in [0.15, 0.2) is 0 Å². The van der Waals surface area contributed by atoms with Gasteiger partial charge < -0.3 is 10.2 Å². The molecule has 1 aliphatic carbocycles. The maximum Gasteiger partial charge on any atom is 0.00162 e. The Bertz CT molecular complexity index is 176. The van der Waals surface area contributed by atoms with Crippen LogP contribution in [0.2, 0.25) is 0 Å². The van der Waals surface area contributed by atoms with Crippen LogP contribution >= 0.6 is 0 Å². The van der Waals surface area contributed by atoms with Gasteiger partial charge in [0.05, 0.1) is 0 Å². The Kier molecular flexibility index (Phi) is 7.87. The van der Waals surface area contributed by atoms with E-state index >= 15 is 0 Å². The molecule has 0 aromatic heterocycles. The summed E-state index contributed by atoms with van der Waals surface area (Å²) in [5, 5.41) is 3.52. The van der Waals surface area contributed by atoms with Crippen LogP contribution in [-0.2, 0) is 0 Å². The van der Waals surface area contributed by atoms with Crippen molar-refractivity contribution in [3.05, 3.63) is 0 Å². The largest absolute Gasteiger partial charge is 0.316 e. The van der Waals surface area contributed by atoms with E-state index in [0.29, 0.717) is 0 Å². The topological polar surface area (TPSA) is 15.3 Å². The number of nitrogens with zero attached hydrogens (tertiary/aromatic N) is 1. The smallest absolute Gasteiger partial charge is 0.00162 e. The molecule has 0 amide bonds. The monoisotopic (exact) mass is 240 g/mol. The second kappa shape index (κ2) is 8.93. The third kappa shape index (κ3) is 7.05. The summed E-state index contributed by atoms with van der Waals surface area (Å²) in [5.41, 5.74) is 0. The average molecular weight is 240 g/mol. The highest BCUT2D eigenvalue weighted by Gasteiger charge is 2.16. The van der Waals surface area contributed by atoms with Crippen LogP contribution in [0.1, 0.15) is 52.4 Å². The third-order valence-electron chi connectivity index (χ3n) is 3.84. The summed E-state index contributed by atoms with van der Waals surface area (Å²) >= 11 is 0. The van der Waals surface area contributed by atoms with E-state index in [1.54, 1.807) is 0 Å². The molecule has 1 atom stereocenters. The van der Waals surface area contributed by atoms with Gasteiger partial charge in [-0.15, -0.1) is 0 Å². The Balaban J connectivity index is 2.07. The summed E-state index contributed by atoms with van der Waals surface area (Å²) in [6.07, 6.45) is 8.57. The fourth-order valence-electron chi connectivity index (χ4n) is 3.01. The van der Waals surface area contributed by atoms with Crippen LogP contribution in [0.5, 0.6) is 0 Å². The molecular weight excluding hydrogens is 208 g/mol. The van der Waals surface area contributed by atoms with Gasteiger partial charge in [-0.1, -0.05) is 33.1 Å². The fourth-order valence-corrected chi connectivity index (χ4v) is 3.01. The number of nitrogens with one attached hydrogen (secondary N) is 1. The zero-order chi connectivity index (χ0) is 12.5. The molecule has 0 aromatic rings. The van der Waals surface area contributed by atoms with E-state index in [9.17, 15) is 0 Å². The van der Waals surface area contributed by atoms with Crippen LogP contribution < -0.4 is 5.32 Å². The van der Waals surface area contributed by atoms with Crippen molar-refractivity contribution in [1.29, 1.82) is 0 Å². The van der Waals surface area contributed by atoms with Crippen molar-refractivity contribution >= 4 is 0 Å². The molecule has 1 aliphatic rings. The van der Waals surface area contributed by atoms with E-state index in [0.717, 1.165) is 18.4 Å². The van der Waals surface area contributed by atoms with Gasteiger partial charge in [-0.25, -0.2) is 0 Å². The molecule has 1 N–H and O–H groups in total. The minimum atomic E-state index is 0.773. The number of hydrogen-bond acceptors (Lipinski definition) is 2. The molecule has 17 heavy (non-hydrogen) atoms. The number of rotatable bonds is 8. The van der Waals surface area contributed by atoms with Crippen molar-refractivity contribution in [2.24, 2.45) is 11.8 Å². The molecule has 0 bridgehead atoms. The Morgan fingerprint density at radius 1 is 1.24 bits per heavy atom. The van der Waals surface area contributed by atoms with Crippen LogP contribution in [0, 0.1) is 11.8 Å². The first-order chi connectivity index (χ1) is 8.22. The molecule has 0 heterocycles. The van der Waals surface area contributed by atoms with Crippen LogP contribution in [0.15, 0.2) is 0 Å². The molecular formula is C15H32N2. The van der Waals surface area contributed by atoms with Crippen LogP contribution in [0.3, 0.4) is 0 Å². The summed E-state index contributed by atoms with van der Waals surface area (Å²) in [6, 6.07) is 0. The van der Waals surface area contributed by atoms with Crippen LogP contribution in [0.4, 0.5) is 0 Å². The van der Waals surface area contributed by atoms with E-state index in [1.165, 1.54) is 58.2 Å². The molecule has 0 aliphatic heterocycles. The first-order valence-electron chi connectivity index (χ1n) is 7.61. The molecule has 1 saturated carbocycles. The zero-order valence-electron chi connectivity index (χ0n) is 12.2. The average Bonchev–Trinajstić information content (AvgIpc) is 2.30. The first-order valence-corrected chi connectivity index (χ1v) is 7.61. The SMILES string of the molecule is CCCNCC(C)CN(C)CC1CCCCC1. The van der Waals surface area contributed by atoms with Gasteiger partial charge in [-0.2, -0.15) is 0 Å².